The SMILES string of the molecule is CCOc1ccc(-c2nnc(SCC(=O)Nc3ccccc3OCC)o2)cc1. The molecule has 0 spiro atoms. The van der Waals surface area contributed by atoms with Crippen molar-refractivity contribution in [3.63, 3.8) is 0 Å². The van der Waals surface area contributed by atoms with E-state index in [2.05, 4.69) is 15.5 Å². The van der Waals surface area contributed by atoms with Gasteiger partial charge in [-0.2, -0.15) is 0 Å². The summed E-state index contributed by atoms with van der Waals surface area (Å²) < 4.78 is 16.5. The maximum Gasteiger partial charge on any atom is 0.277 e. The van der Waals surface area contributed by atoms with Crippen LogP contribution in [0.4, 0.5) is 5.69 Å². The van der Waals surface area contributed by atoms with E-state index in [1.165, 1.54) is 11.8 Å². The van der Waals surface area contributed by atoms with Gasteiger partial charge in [-0.15, -0.1) is 10.2 Å². The van der Waals surface area contributed by atoms with Crippen molar-refractivity contribution in [3.8, 4) is 23.0 Å². The van der Waals surface area contributed by atoms with E-state index in [1.54, 1.807) is 6.07 Å². The summed E-state index contributed by atoms with van der Waals surface area (Å²) >= 11 is 1.18. The van der Waals surface area contributed by atoms with Crippen LogP contribution < -0.4 is 14.8 Å². The smallest absolute Gasteiger partial charge is 0.277 e. The van der Waals surface area contributed by atoms with Crippen LogP contribution in [0, 0.1) is 0 Å². The Morgan fingerprint density at radius 2 is 1.79 bits per heavy atom. The average Bonchev–Trinajstić information content (AvgIpc) is 3.18. The number of amides is 1. The highest BCUT2D eigenvalue weighted by atomic mass is 32.2. The van der Waals surface area contributed by atoms with Crippen LogP contribution in [0.5, 0.6) is 11.5 Å². The summed E-state index contributed by atoms with van der Waals surface area (Å²) in [6.45, 7) is 4.96. The lowest BCUT2D eigenvalue weighted by Crippen LogP contribution is -2.14. The van der Waals surface area contributed by atoms with Gasteiger partial charge >= 0.3 is 0 Å². The van der Waals surface area contributed by atoms with Gasteiger partial charge in [0.1, 0.15) is 11.5 Å². The molecule has 0 aliphatic rings. The zero-order valence-corrected chi connectivity index (χ0v) is 16.5. The van der Waals surface area contributed by atoms with Crippen molar-refractivity contribution in [2.45, 2.75) is 19.1 Å². The third-order valence-corrected chi connectivity index (χ3v) is 4.42. The molecular formula is C20H21N3O4S. The molecule has 3 rings (SSSR count). The monoisotopic (exact) mass is 399 g/mol. The number of hydrogen-bond acceptors (Lipinski definition) is 7. The van der Waals surface area contributed by atoms with Crippen LogP contribution in [0.15, 0.2) is 58.2 Å². The van der Waals surface area contributed by atoms with Crippen LogP contribution in [0.1, 0.15) is 13.8 Å². The molecule has 0 aliphatic carbocycles. The molecule has 0 radical (unpaired) electrons. The lowest BCUT2D eigenvalue weighted by atomic mass is 10.2. The Bertz CT molecular complexity index is 912. The third-order valence-electron chi connectivity index (χ3n) is 3.61. The topological polar surface area (TPSA) is 86.5 Å². The Labute approximate surface area is 167 Å². The highest BCUT2D eigenvalue weighted by molar-refractivity contribution is 7.99. The highest BCUT2D eigenvalue weighted by Gasteiger charge is 2.13. The summed E-state index contributed by atoms with van der Waals surface area (Å²) in [5.74, 6) is 1.78. The number of thioether (sulfide) groups is 1. The summed E-state index contributed by atoms with van der Waals surface area (Å²) in [5.41, 5.74) is 1.42. The zero-order chi connectivity index (χ0) is 19.8. The third kappa shape index (κ3) is 5.26. The number of ether oxygens (including phenoxy) is 2. The molecule has 0 atom stereocenters. The molecule has 0 aliphatic heterocycles. The molecule has 2 aromatic carbocycles. The summed E-state index contributed by atoms with van der Waals surface area (Å²) in [4.78, 5) is 12.2. The van der Waals surface area contributed by atoms with Crippen molar-refractivity contribution < 1.29 is 18.7 Å². The van der Waals surface area contributed by atoms with Crippen molar-refractivity contribution in [1.29, 1.82) is 0 Å². The molecule has 28 heavy (non-hydrogen) atoms. The normalized spacial score (nSPS) is 10.5. The highest BCUT2D eigenvalue weighted by Crippen LogP contribution is 2.26. The number of rotatable bonds is 9. The van der Waals surface area contributed by atoms with Crippen LogP contribution >= 0.6 is 11.8 Å². The van der Waals surface area contributed by atoms with E-state index in [-0.39, 0.29) is 11.7 Å². The van der Waals surface area contributed by atoms with Crippen molar-refractivity contribution >= 4 is 23.4 Å². The fourth-order valence-corrected chi connectivity index (χ4v) is 2.97. The van der Waals surface area contributed by atoms with Crippen molar-refractivity contribution in [2.24, 2.45) is 0 Å². The Hall–Kier alpha value is -3.00. The number of carbonyl (C=O) groups is 1. The van der Waals surface area contributed by atoms with E-state index in [9.17, 15) is 4.79 Å². The molecule has 0 saturated heterocycles. The van der Waals surface area contributed by atoms with Crippen LogP contribution in [-0.2, 0) is 4.79 Å². The molecule has 1 N–H and O–H groups in total. The first-order valence-electron chi connectivity index (χ1n) is 8.90. The van der Waals surface area contributed by atoms with E-state index < -0.39 is 0 Å². The molecule has 1 aromatic heterocycles. The largest absolute Gasteiger partial charge is 0.494 e. The molecule has 0 bridgehead atoms. The van der Waals surface area contributed by atoms with Crippen LogP contribution in [0.2, 0.25) is 0 Å². The maximum absolute atomic E-state index is 12.2. The Kier molecular flexibility index (Phi) is 6.91. The summed E-state index contributed by atoms with van der Waals surface area (Å²) in [6.07, 6.45) is 0. The van der Waals surface area contributed by atoms with Crippen molar-refractivity contribution in [3.05, 3.63) is 48.5 Å². The number of para-hydroxylation sites is 2. The van der Waals surface area contributed by atoms with Gasteiger partial charge in [-0.25, -0.2) is 0 Å². The van der Waals surface area contributed by atoms with Crippen LogP contribution in [0.25, 0.3) is 11.5 Å². The van der Waals surface area contributed by atoms with E-state index in [4.69, 9.17) is 13.9 Å². The summed E-state index contributed by atoms with van der Waals surface area (Å²) in [5, 5.41) is 11.2. The minimum absolute atomic E-state index is 0.144. The van der Waals surface area contributed by atoms with Crippen LogP contribution in [-0.4, -0.2) is 35.1 Å². The van der Waals surface area contributed by atoms with E-state index in [1.807, 2.05) is 56.3 Å². The lowest BCUT2D eigenvalue weighted by Gasteiger charge is -2.10. The minimum atomic E-state index is -0.182. The standard InChI is InChI=1S/C20H21N3O4S/c1-3-25-15-11-9-14(10-12-15)19-22-23-20(27-19)28-13-18(24)21-16-7-5-6-8-17(16)26-4-2/h5-12H,3-4,13H2,1-2H3,(H,21,24). The summed E-state index contributed by atoms with van der Waals surface area (Å²) in [7, 11) is 0. The van der Waals surface area contributed by atoms with Crippen molar-refractivity contribution in [2.75, 3.05) is 24.3 Å². The number of carbonyl (C=O) groups excluding carboxylic acids is 1. The minimum Gasteiger partial charge on any atom is -0.494 e. The molecule has 0 unspecified atom stereocenters. The zero-order valence-electron chi connectivity index (χ0n) is 15.7. The van der Waals surface area contributed by atoms with E-state index in [0.29, 0.717) is 35.8 Å². The Morgan fingerprint density at radius 3 is 2.54 bits per heavy atom. The molecule has 1 heterocycles. The fourth-order valence-electron chi connectivity index (χ4n) is 2.41. The average molecular weight is 399 g/mol. The second-order valence-electron chi connectivity index (χ2n) is 5.60. The number of hydrogen-bond donors (Lipinski definition) is 1. The number of nitrogens with zero attached hydrogens (tertiary/aromatic N) is 2. The van der Waals surface area contributed by atoms with Gasteiger partial charge in [0.25, 0.3) is 5.22 Å². The lowest BCUT2D eigenvalue weighted by molar-refractivity contribution is -0.113. The number of benzene rings is 2. The number of nitrogens with one attached hydrogen (secondary N) is 1. The van der Waals surface area contributed by atoms with E-state index in [0.717, 1.165) is 11.3 Å². The first-order chi connectivity index (χ1) is 13.7. The van der Waals surface area contributed by atoms with Gasteiger partial charge in [-0.3, -0.25) is 4.79 Å². The van der Waals surface area contributed by atoms with Crippen molar-refractivity contribution in [1.82, 2.24) is 10.2 Å². The summed E-state index contributed by atoms with van der Waals surface area (Å²) in [6, 6.07) is 14.7. The van der Waals surface area contributed by atoms with Gasteiger partial charge in [-0.05, 0) is 50.2 Å². The molecule has 3 aromatic rings. The second kappa shape index (κ2) is 9.80. The van der Waals surface area contributed by atoms with Crippen LogP contribution in [0.3, 0.4) is 0 Å². The first-order valence-corrected chi connectivity index (χ1v) is 9.89. The Balaban J connectivity index is 1.56. The quantitative estimate of drug-likeness (QED) is 0.538. The molecule has 146 valence electrons. The Morgan fingerprint density at radius 1 is 1.04 bits per heavy atom. The molecule has 1 amide bonds. The van der Waals surface area contributed by atoms with Gasteiger partial charge in [0.05, 0.1) is 24.7 Å². The molecule has 7 nitrogen and oxygen atoms in total. The fraction of sp³-hybridized carbons (Fsp3) is 0.250. The second-order valence-corrected chi connectivity index (χ2v) is 6.52. The molecule has 8 heteroatoms. The molecule has 0 fully saturated rings. The van der Waals surface area contributed by atoms with Gasteiger partial charge in [0.15, 0.2) is 0 Å². The van der Waals surface area contributed by atoms with Gasteiger partial charge in [-0.1, -0.05) is 23.9 Å². The van der Waals surface area contributed by atoms with Gasteiger partial charge < -0.3 is 19.2 Å². The number of anilines is 1. The maximum atomic E-state index is 12.2. The van der Waals surface area contributed by atoms with Gasteiger partial charge in [0, 0.05) is 5.56 Å². The predicted octanol–water partition coefficient (Wildman–Crippen LogP) is 4.26. The predicted molar refractivity (Wildman–Crippen MR) is 108 cm³/mol. The number of aromatic nitrogens is 2. The first kappa shape index (κ1) is 19.8. The van der Waals surface area contributed by atoms with E-state index >= 15 is 0 Å². The molecular weight excluding hydrogens is 378 g/mol. The van der Waals surface area contributed by atoms with Gasteiger partial charge in [0.2, 0.25) is 11.8 Å². The molecule has 0 saturated carbocycles.